The lowest BCUT2D eigenvalue weighted by atomic mass is 9.82. The first-order chi connectivity index (χ1) is 12.2. The average molecular weight is 365 g/mol. The Morgan fingerprint density at radius 2 is 1.80 bits per heavy atom. The topological polar surface area (TPSA) is 52.9 Å². The number of hydrogen-bond acceptors (Lipinski definition) is 4. The SMILES string of the molecule is CSC1=C(C#N)[C@H](c2ccccc2Cl)C2=C(N1)c1ccccc1C2=O. The second kappa shape index (κ2) is 6.11. The van der Waals surface area contributed by atoms with Crippen LogP contribution in [0.25, 0.3) is 5.70 Å². The molecule has 2 aromatic rings. The van der Waals surface area contributed by atoms with E-state index in [0.717, 1.165) is 21.9 Å². The maximum atomic E-state index is 13.1. The van der Waals surface area contributed by atoms with Crippen molar-refractivity contribution in [2.24, 2.45) is 0 Å². The molecular formula is C20H13ClN2OS. The van der Waals surface area contributed by atoms with Gasteiger partial charge in [-0.15, -0.1) is 11.8 Å². The first-order valence-corrected chi connectivity index (χ1v) is 9.35. The molecule has 1 N–H and O–H groups in total. The Balaban J connectivity index is 2.00. The molecule has 1 aliphatic heterocycles. The van der Waals surface area contributed by atoms with Crippen molar-refractivity contribution in [2.75, 3.05) is 6.26 Å². The number of nitrogens with zero attached hydrogens (tertiary/aromatic N) is 1. The van der Waals surface area contributed by atoms with Crippen molar-refractivity contribution in [1.82, 2.24) is 5.32 Å². The summed E-state index contributed by atoms with van der Waals surface area (Å²) < 4.78 is 0. The van der Waals surface area contributed by atoms with Gasteiger partial charge in [-0.3, -0.25) is 4.79 Å². The minimum Gasteiger partial charge on any atom is -0.349 e. The number of fused-ring (bicyclic) bond motifs is 2. The molecule has 2 aliphatic rings. The van der Waals surface area contributed by atoms with E-state index < -0.39 is 5.92 Å². The van der Waals surface area contributed by atoms with Crippen LogP contribution in [0.15, 0.2) is 64.7 Å². The van der Waals surface area contributed by atoms with Gasteiger partial charge in [-0.1, -0.05) is 54.1 Å². The van der Waals surface area contributed by atoms with Crippen LogP contribution in [-0.2, 0) is 0 Å². The largest absolute Gasteiger partial charge is 0.349 e. The summed E-state index contributed by atoms with van der Waals surface area (Å²) in [5.41, 5.74) is 4.24. The van der Waals surface area contributed by atoms with Gasteiger partial charge in [0.25, 0.3) is 0 Å². The number of hydrogen-bond donors (Lipinski definition) is 1. The van der Waals surface area contributed by atoms with Gasteiger partial charge in [-0.25, -0.2) is 0 Å². The lowest BCUT2D eigenvalue weighted by Crippen LogP contribution is -2.24. The fourth-order valence-electron chi connectivity index (χ4n) is 3.47. The zero-order valence-corrected chi connectivity index (χ0v) is 14.9. The van der Waals surface area contributed by atoms with Gasteiger partial charge in [0.15, 0.2) is 5.78 Å². The van der Waals surface area contributed by atoms with Crippen molar-refractivity contribution in [3.63, 3.8) is 0 Å². The standard InChI is InChI=1S/C20H13ClN2OS/c1-25-20-14(10-22)16(13-8-4-5-9-15(13)21)17-18(23-20)11-6-2-3-7-12(11)19(17)24/h2-9,16,23H,1H3/t16-/m0/s1. The maximum Gasteiger partial charge on any atom is 0.192 e. The highest BCUT2D eigenvalue weighted by molar-refractivity contribution is 8.02. The third-order valence-corrected chi connectivity index (χ3v) is 5.63. The number of halogens is 1. The fourth-order valence-corrected chi connectivity index (χ4v) is 4.30. The van der Waals surface area contributed by atoms with Gasteiger partial charge in [0.05, 0.1) is 28.3 Å². The highest BCUT2D eigenvalue weighted by Crippen LogP contribution is 2.48. The summed E-state index contributed by atoms with van der Waals surface area (Å²) in [5.74, 6) is -0.506. The number of Topliss-reactive ketones (excluding diaryl/α,β-unsaturated/α-hetero) is 1. The first kappa shape index (κ1) is 16.0. The molecule has 0 aromatic heterocycles. The smallest absolute Gasteiger partial charge is 0.192 e. The Labute approximate surface area is 155 Å². The Bertz CT molecular complexity index is 1020. The quantitative estimate of drug-likeness (QED) is 0.836. The monoisotopic (exact) mass is 364 g/mol. The van der Waals surface area contributed by atoms with Crippen LogP contribution < -0.4 is 5.32 Å². The maximum absolute atomic E-state index is 13.1. The van der Waals surface area contributed by atoms with Gasteiger partial charge in [0.1, 0.15) is 0 Å². The van der Waals surface area contributed by atoms with Gasteiger partial charge in [0, 0.05) is 21.7 Å². The molecule has 0 unspecified atom stereocenters. The second-order valence-electron chi connectivity index (χ2n) is 5.80. The zero-order valence-electron chi connectivity index (χ0n) is 13.3. The number of nitrogens with one attached hydrogen (secondary N) is 1. The predicted octanol–water partition coefficient (Wildman–Crippen LogP) is 4.73. The molecule has 25 heavy (non-hydrogen) atoms. The van der Waals surface area contributed by atoms with Crippen LogP contribution in [0.5, 0.6) is 0 Å². The van der Waals surface area contributed by atoms with Gasteiger partial charge < -0.3 is 5.32 Å². The summed E-state index contributed by atoms with van der Waals surface area (Å²) in [6.45, 7) is 0. The molecule has 1 atom stereocenters. The molecule has 3 nitrogen and oxygen atoms in total. The van der Waals surface area contributed by atoms with Gasteiger partial charge in [-0.05, 0) is 17.9 Å². The van der Waals surface area contributed by atoms with Crippen LogP contribution in [0.2, 0.25) is 5.02 Å². The number of ketones is 1. The fraction of sp³-hybridized carbons (Fsp3) is 0.100. The molecule has 0 bridgehead atoms. The lowest BCUT2D eigenvalue weighted by Gasteiger charge is -2.28. The molecule has 122 valence electrons. The van der Waals surface area contributed by atoms with E-state index in [-0.39, 0.29) is 5.78 Å². The Kier molecular flexibility index (Phi) is 3.91. The number of dihydropyridines is 1. The summed E-state index contributed by atoms with van der Waals surface area (Å²) in [5, 5.41) is 14.4. The number of allylic oxidation sites excluding steroid dienone is 2. The number of nitriles is 1. The minimum atomic E-state index is -0.461. The van der Waals surface area contributed by atoms with Crippen molar-refractivity contribution in [3.05, 3.63) is 86.4 Å². The third kappa shape index (κ3) is 2.31. The van der Waals surface area contributed by atoms with Crippen LogP contribution >= 0.6 is 23.4 Å². The molecule has 0 saturated heterocycles. The molecule has 2 aromatic carbocycles. The molecule has 5 heteroatoms. The first-order valence-electron chi connectivity index (χ1n) is 7.75. The van der Waals surface area contributed by atoms with E-state index >= 15 is 0 Å². The van der Waals surface area contributed by atoms with E-state index in [1.165, 1.54) is 11.8 Å². The van der Waals surface area contributed by atoms with E-state index in [1.54, 1.807) is 6.07 Å². The van der Waals surface area contributed by atoms with E-state index in [4.69, 9.17) is 11.6 Å². The molecule has 0 radical (unpaired) electrons. The van der Waals surface area contributed by atoms with E-state index in [9.17, 15) is 10.1 Å². The van der Waals surface area contributed by atoms with E-state index in [1.807, 2.05) is 48.7 Å². The van der Waals surface area contributed by atoms with E-state index in [2.05, 4.69) is 11.4 Å². The predicted molar refractivity (Wildman–Crippen MR) is 101 cm³/mol. The van der Waals surface area contributed by atoms with E-state index in [0.29, 0.717) is 21.7 Å². The van der Waals surface area contributed by atoms with Crippen molar-refractivity contribution in [1.29, 1.82) is 5.26 Å². The molecule has 1 heterocycles. The number of rotatable bonds is 2. The number of carbonyl (C=O) groups excluding carboxylic acids is 1. The Hall–Kier alpha value is -2.48. The van der Waals surface area contributed by atoms with Crippen LogP contribution in [0.3, 0.4) is 0 Å². The van der Waals surface area contributed by atoms with Crippen LogP contribution in [0.4, 0.5) is 0 Å². The van der Waals surface area contributed by atoms with Gasteiger partial charge in [-0.2, -0.15) is 5.26 Å². The summed E-state index contributed by atoms with van der Waals surface area (Å²) in [6.07, 6.45) is 1.91. The Morgan fingerprint density at radius 1 is 1.12 bits per heavy atom. The highest BCUT2D eigenvalue weighted by Gasteiger charge is 2.41. The van der Waals surface area contributed by atoms with Crippen LogP contribution in [0.1, 0.15) is 27.4 Å². The van der Waals surface area contributed by atoms with Gasteiger partial charge >= 0.3 is 0 Å². The molecule has 4 rings (SSSR count). The van der Waals surface area contributed by atoms with Crippen LogP contribution in [-0.4, -0.2) is 12.0 Å². The number of carbonyl (C=O) groups is 1. The highest BCUT2D eigenvalue weighted by atomic mass is 35.5. The summed E-state index contributed by atoms with van der Waals surface area (Å²) >= 11 is 7.89. The Morgan fingerprint density at radius 3 is 2.48 bits per heavy atom. The van der Waals surface area contributed by atoms with Crippen LogP contribution in [0, 0.1) is 11.3 Å². The van der Waals surface area contributed by atoms with Crippen molar-refractivity contribution < 1.29 is 4.79 Å². The second-order valence-corrected chi connectivity index (χ2v) is 7.03. The third-order valence-electron chi connectivity index (χ3n) is 4.56. The van der Waals surface area contributed by atoms with Gasteiger partial charge in [0.2, 0.25) is 0 Å². The molecule has 0 saturated carbocycles. The molecule has 0 fully saturated rings. The minimum absolute atomic E-state index is 0.0454. The molecule has 0 spiro atoms. The summed E-state index contributed by atoms with van der Waals surface area (Å²) in [4.78, 5) is 13.1. The lowest BCUT2D eigenvalue weighted by molar-refractivity contribution is 0.103. The van der Waals surface area contributed by atoms with Crippen molar-refractivity contribution in [3.8, 4) is 6.07 Å². The molecule has 0 amide bonds. The molecular weight excluding hydrogens is 352 g/mol. The summed E-state index contributed by atoms with van der Waals surface area (Å²) in [6, 6.07) is 17.2. The average Bonchev–Trinajstić information content (AvgIpc) is 2.93. The number of thioether (sulfide) groups is 1. The van der Waals surface area contributed by atoms with Crippen molar-refractivity contribution in [2.45, 2.75) is 5.92 Å². The number of benzene rings is 2. The molecule has 1 aliphatic carbocycles. The zero-order chi connectivity index (χ0) is 17.6. The van der Waals surface area contributed by atoms with Crippen molar-refractivity contribution >= 4 is 34.8 Å². The normalized spacial score (nSPS) is 18.6. The summed E-state index contributed by atoms with van der Waals surface area (Å²) in [7, 11) is 0.